The van der Waals surface area contributed by atoms with E-state index in [1.807, 2.05) is 13.8 Å². The van der Waals surface area contributed by atoms with E-state index in [1.54, 1.807) is 12.0 Å². The van der Waals surface area contributed by atoms with E-state index in [9.17, 15) is 9.59 Å². The average molecular weight is 259 g/mol. The zero-order chi connectivity index (χ0) is 14.0. The third-order valence-corrected chi connectivity index (χ3v) is 2.52. The molecule has 0 atom stereocenters. The number of amides is 1. The molecular formula is C13H25NO4. The normalized spacial score (nSPS) is 10.7. The number of hydrogen-bond acceptors (Lipinski definition) is 3. The summed E-state index contributed by atoms with van der Waals surface area (Å²) < 4.78 is 4.93. The first-order valence-electron chi connectivity index (χ1n) is 6.45. The molecule has 1 amide bonds. The van der Waals surface area contributed by atoms with Crippen LogP contribution in [0.4, 0.5) is 0 Å². The molecule has 5 nitrogen and oxygen atoms in total. The van der Waals surface area contributed by atoms with Gasteiger partial charge in [-0.1, -0.05) is 13.8 Å². The fourth-order valence-corrected chi connectivity index (χ4v) is 1.67. The molecular weight excluding hydrogens is 234 g/mol. The van der Waals surface area contributed by atoms with Crippen LogP contribution in [0.15, 0.2) is 0 Å². The Balaban J connectivity index is 4.09. The fourth-order valence-electron chi connectivity index (χ4n) is 1.67. The van der Waals surface area contributed by atoms with Crippen LogP contribution in [0.3, 0.4) is 0 Å². The Bertz CT molecular complexity index is 253. The maximum atomic E-state index is 11.9. The highest BCUT2D eigenvalue weighted by Gasteiger charge is 2.15. The molecule has 1 N–H and O–H groups in total. The van der Waals surface area contributed by atoms with E-state index < -0.39 is 5.97 Å². The SMILES string of the molecule is COCCCCC(=O)N(CCC(=O)O)CC(C)C. The monoisotopic (exact) mass is 259 g/mol. The van der Waals surface area contributed by atoms with Gasteiger partial charge in [0.2, 0.25) is 5.91 Å². The van der Waals surface area contributed by atoms with Gasteiger partial charge in [-0.3, -0.25) is 9.59 Å². The summed E-state index contributed by atoms with van der Waals surface area (Å²) in [6.07, 6.45) is 2.12. The lowest BCUT2D eigenvalue weighted by atomic mass is 10.1. The molecule has 0 aromatic heterocycles. The second-order valence-electron chi connectivity index (χ2n) is 4.83. The van der Waals surface area contributed by atoms with Gasteiger partial charge < -0.3 is 14.7 Å². The van der Waals surface area contributed by atoms with E-state index in [2.05, 4.69) is 0 Å². The van der Waals surface area contributed by atoms with Gasteiger partial charge in [-0.15, -0.1) is 0 Å². The molecule has 0 aromatic rings. The van der Waals surface area contributed by atoms with E-state index in [4.69, 9.17) is 9.84 Å². The zero-order valence-corrected chi connectivity index (χ0v) is 11.6. The second-order valence-corrected chi connectivity index (χ2v) is 4.83. The number of nitrogens with zero attached hydrogens (tertiary/aromatic N) is 1. The van der Waals surface area contributed by atoms with E-state index in [0.29, 0.717) is 32.0 Å². The predicted octanol–water partition coefficient (Wildman–Crippen LogP) is 1.76. The number of aliphatic carboxylic acids is 1. The van der Waals surface area contributed by atoms with Crippen molar-refractivity contribution in [3.8, 4) is 0 Å². The number of carbonyl (C=O) groups excluding carboxylic acids is 1. The molecule has 106 valence electrons. The Kier molecular flexibility index (Phi) is 9.28. The van der Waals surface area contributed by atoms with Crippen molar-refractivity contribution >= 4 is 11.9 Å². The largest absolute Gasteiger partial charge is 0.481 e. The smallest absolute Gasteiger partial charge is 0.305 e. The van der Waals surface area contributed by atoms with Gasteiger partial charge in [-0.2, -0.15) is 0 Å². The number of rotatable bonds is 10. The lowest BCUT2D eigenvalue weighted by Crippen LogP contribution is -2.35. The standard InChI is InChI=1S/C13H25NO4/c1-11(2)10-14(8-7-13(16)17)12(15)6-4-5-9-18-3/h11H,4-10H2,1-3H3,(H,16,17). The summed E-state index contributed by atoms with van der Waals surface area (Å²) in [6, 6.07) is 0. The topological polar surface area (TPSA) is 66.8 Å². The molecule has 0 rings (SSSR count). The summed E-state index contributed by atoms with van der Waals surface area (Å²) in [5.41, 5.74) is 0. The quantitative estimate of drug-likeness (QED) is 0.607. The van der Waals surface area contributed by atoms with Crippen LogP contribution in [0.5, 0.6) is 0 Å². The number of unbranched alkanes of at least 4 members (excludes halogenated alkanes) is 1. The fraction of sp³-hybridized carbons (Fsp3) is 0.846. The molecule has 0 aromatic carbocycles. The number of methoxy groups -OCH3 is 1. The summed E-state index contributed by atoms with van der Waals surface area (Å²) in [4.78, 5) is 24.2. The number of carboxylic acids is 1. The van der Waals surface area contributed by atoms with Crippen LogP contribution in [-0.2, 0) is 14.3 Å². The van der Waals surface area contributed by atoms with E-state index in [-0.39, 0.29) is 12.3 Å². The molecule has 18 heavy (non-hydrogen) atoms. The first kappa shape index (κ1) is 16.9. The summed E-state index contributed by atoms with van der Waals surface area (Å²) in [5, 5.41) is 8.67. The average Bonchev–Trinajstić information content (AvgIpc) is 2.29. The van der Waals surface area contributed by atoms with Crippen LogP contribution in [0.1, 0.15) is 39.5 Å². The lowest BCUT2D eigenvalue weighted by molar-refractivity contribution is -0.138. The van der Waals surface area contributed by atoms with Crippen molar-refractivity contribution < 1.29 is 19.4 Å². The van der Waals surface area contributed by atoms with Gasteiger partial charge in [0.05, 0.1) is 6.42 Å². The van der Waals surface area contributed by atoms with Crippen molar-refractivity contribution in [2.45, 2.75) is 39.5 Å². The summed E-state index contributed by atoms with van der Waals surface area (Å²) >= 11 is 0. The van der Waals surface area contributed by atoms with Gasteiger partial charge in [0.1, 0.15) is 0 Å². The molecule has 0 radical (unpaired) electrons. The molecule has 0 aliphatic heterocycles. The molecule has 0 saturated heterocycles. The second kappa shape index (κ2) is 9.88. The molecule has 0 aliphatic carbocycles. The van der Waals surface area contributed by atoms with Crippen molar-refractivity contribution in [3.63, 3.8) is 0 Å². The lowest BCUT2D eigenvalue weighted by Gasteiger charge is -2.24. The highest BCUT2D eigenvalue weighted by Crippen LogP contribution is 2.06. The van der Waals surface area contributed by atoms with Crippen LogP contribution >= 0.6 is 0 Å². The van der Waals surface area contributed by atoms with Gasteiger partial charge in [-0.05, 0) is 18.8 Å². The summed E-state index contributed by atoms with van der Waals surface area (Å²) in [6.45, 7) is 5.62. The summed E-state index contributed by atoms with van der Waals surface area (Å²) in [5.74, 6) is -0.473. The highest BCUT2D eigenvalue weighted by molar-refractivity contribution is 5.77. The molecule has 0 aliphatic rings. The number of ether oxygens (including phenoxy) is 1. The van der Waals surface area contributed by atoms with Crippen molar-refractivity contribution in [2.75, 3.05) is 26.8 Å². The Labute approximate surface area is 109 Å². The van der Waals surface area contributed by atoms with Crippen molar-refractivity contribution in [1.29, 1.82) is 0 Å². The minimum Gasteiger partial charge on any atom is -0.481 e. The molecule has 0 fully saturated rings. The number of carbonyl (C=O) groups is 2. The van der Waals surface area contributed by atoms with E-state index in [0.717, 1.165) is 12.8 Å². The van der Waals surface area contributed by atoms with Crippen LogP contribution in [0.2, 0.25) is 0 Å². The van der Waals surface area contributed by atoms with Crippen LogP contribution < -0.4 is 0 Å². The molecule has 0 bridgehead atoms. The minimum atomic E-state index is -0.865. The summed E-state index contributed by atoms with van der Waals surface area (Å²) in [7, 11) is 1.64. The molecule has 0 unspecified atom stereocenters. The zero-order valence-electron chi connectivity index (χ0n) is 11.6. The van der Waals surface area contributed by atoms with Crippen LogP contribution in [0.25, 0.3) is 0 Å². The van der Waals surface area contributed by atoms with Gasteiger partial charge in [0, 0.05) is 33.2 Å². The third kappa shape index (κ3) is 8.98. The first-order valence-corrected chi connectivity index (χ1v) is 6.45. The molecule has 5 heteroatoms. The number of carboxylic acid groups (broad SMARTS) is 1. The maximum absolute atomic E-state index is 11.9. The highest BCUT2D eigenvalue weighted by atomic mass is 16.5. The van der Waals surface area contributed by atoms with Crippen molar-refractivity contribution in [3.05, 3.63) is 0 Å². The van der Waals surface area contributed by atoms with Crippen molar-refractivity contribution in [1.82, 2.24) is 4.90 Å². The Morgan fingerprint density at radius 2 is 1.89 bits per heavy atom. The van der Waals surface area contributed by atoms with Gasteiger partial charge in [-0.25, -0.2) is 0 Å². The van der Waals surface area contributed by atoms with E-state index in [1.165, 1.54) is 0 Å². The van der Waals surface area contributed by atoms with E-state index >= 15 is 0 Å². The van der Waals surface area contributed by atoms with Crippen LogP contribution in [-0.4, -0.2) is 48.7 Å². The van der Waals surface area contributed by atoms with Crippen LogP contribution in [0, 0.1) is 5.92 Å². The van der Waals surface area contributed by atoms with Gasteiger partial charge in [0.25, 0.3) is 0 Å². The Morgan fingerprint density at radius 1 is 1.22 bits per heavy atom. The van der Waals surface area contributed by atoms with Gasteiger partial charge in [0.15, 0.2) is 0 Å². The Morgan fingerprint density at radius 3 is 2.39 bits per heavy atom. The first-order chi connectivity index (χ1) is 8.47. The molecule has 0 heterocycles. The predicted molar refractivity (Wildman–Crippen MR) is 69.4 cm³/mol. The van der Waals surface area contributed by atoms with Crippen molar-refractivity contribution in [2.24, 2.45) is 5.92 Å². The molecule has 0 saturated carbocycles. The maximum Gasteiger partial charge on any atom is 0.305 e. The number of hydrogen-bond donors (Lipinski definition) is 1. The third-order valence-electron chi connectivity index (χ3n) is 2.52. The minimum absolute atomic E-state index is 0.0104. The Hall–Kier alpha value is -1.10. The molecule has 0 spiro atoms. The van der Waals surface area contributed by atoms with Gasteiger partial charge >= 0.3 is 5.97 Å².